The highest BCUT2D eigenvalue weighted by molar-refractivity contribution is 5.83. The monoisotopic (exact) mass is 338 g/mol. The van der Waals surface area contributed by atoms with E-state index in [1.54, 1.807) is 12.1 Å². The molecular weight excluding hydrogens is 311 g/mol. The smallest absolute Gasteiger partial charge is 0.241 e. The largest absolute Gasteiger partial charge is 0.393 e. The molecule has 0 aromatic heterocycles. The lowest BCUT2D eigenvalue weighted by Gasteiger charge is -2.34. The summed E-state index contributed by atoms with van der Waals surface area (Å²) in [5, 5.41) is 12.7. The van der Waals surface area contributed by atoms with Gasteiger partial charge in [0.25, 0.3) is 0 Å². The molecule has 2 rings (SSSR count). The van der Waals surface area contributed by atoms with E-state index in [0.717, 1.165) is 0 Å². The number of aliphatic hydroxyl groups excluding tert-OH is 1. The minimum Gasteiger partial charge on any atom is -0.393 e. The molecule has 0 spiro atoms. The highest BCUT2D eigenvalue weighted by Gasteiger charge is 2.29. The summed E-state index contributed by atoms with van der Waals surface area (Å²) in [6, 6.07) is 5.62. The Morgan fingerprint density at radius 2 is 2.08 bits per heavy atom. The van der Waals surface area contributed by atoms with Crippen molar-refractivity contribution in [2.24, 2.45) is 5.92 Å². The first-order valence-corrected chi connectivity index (χ1v) is 8.52. The van der Waals surface area contributed by atoms with E-state index >= 15 is 0 Å². The molecule has 134 valence electrons. The van der Waals surface area contributed by atoms with Gasteiger partial charge in [0.1, 0.15) is 11.9 Å². The summed E-state index contributed by atoms with van der Waals surface area (Å²) in [6.07, 6.45) is 0.0591. The van der Waals surface area contributed by atoms with Gasteiger partial charge in [0.05, 0.1) is 19.3 Å². The number of ether oxygens (including phenoxy) is 1. The Morgan fingerprint density at radius 1 is 1.38 bits per heavy atom. The van der Waals surface area contributed by atoms with E-state index in [0.29, 0.717) is 44.8 Å². The Morgan fingerprint density at radius 3 is 2.71 bits per heavy atom. The lowest BCUT2D eigenvalue weighted by molar-refractivity contribution is -0.128. The van der Waals surface area contributed by atoms with Gasteiger partial charge in [0.15, 0.2) is 0 Å². The molecule has 1 aromatic carbocycles. The summed E-state index contributed by atoms with van der Waals surface area (Å²) in [5.41, 5.74) is 0.638. The number of carbonyl (C=O) groups is 1. The molecule has 1 heterocycles. The number of carbonyl (C=O) groups excluding carboxylic acids is 1. The fraction of sp³-hybridized carbons (Fsp3) is 0.611. The highest BCUT2D eigenvalue weighted by atomic mass is 19.1. The minimum atomic E-state index is -0.541. The zero-order valence-corrected chi connectivity index (χ0v) is 14.4. The second-order valence-corrected chi connectivity index (χ2v) is 6.50. The van der Waals surface area contributed by atoms with E-state index in [2.05, 4.69) is 5.32 Å². The van der Waals surface area contributed by atoms with Crippen molar-refractivity contribution < 1.29 is 19.0 Å². The van der Waals surface area contributed by atoms with Crippen LogP contribution in [-0.4, -0.2) is 54.9 Å². The molecule has 0 saturated carbocycles. The number of nitrogens with one attached hydrogen (secondary N) is 1. The van der Waals surface area contributed by atoms with Crippen molar-refractivity contribution in [3.63, 3.8) is 0 Å². The van der Waals surface area contributed by atoms with Gasteiger partial charge in [-0.15, -0.1) is 0 Å². The molecule has 1 saturated heterocycles. The molecule has 6 heteroatoms. The van der Waals surface area contributed by atoms with E-state index in [1.165, 1.54) is 12.1 Å². The van der Waals surface area contributed by atoms with Gasteiger partial charge < -0.3 is 15.2 Å². The molecule has 2 unspecified atom stereocenters. The maximum absolute atomic E-state index is 13.6. The molecule has 0 radical (unpaired) electrons. The summed E-state index contributed by atoms with van der Waals surface area (Å²) in [4.78, 5) is 14.7. The number of nitrogens with zero attached hydrogens (tertiary/aromatic N) is 1. The molecule has 2 atom stereocenters. The average molecular weight is 338 g/mol. The van der Waals surface area contributed by atoms with Crippen LogP contribution in [0.25, 0.3) is 0 Å². The molecular formula is C18H27FN2O3. The number of morpholine rings is 1. The van der Waals surface area contributed by atoms with Gasteiger partial charge in [-0.05, 0) is 30.0 Å². The summed E-state index contributed by atoms with van der Waals surface area (Å²) >= 11 is 0. The fourth-order valence-electron chi connectivity index (χ4n) is 2.81. The molecule has 24 heavy (non-hydrogen) atoms. The number of aliphatic hydroxyl groups is 1. The summed E-state index contributed by atoms with van der Waals surface area (Å²) < 4.78 is 18.9. The molecule has 1 fully saturated rings. The highest BCUT2D eigenvalue weighted by Crippen LogP contribution is 2.23. The van der Waals surface area contributed by atoms with E-state index in [-0.39, 0.29) is 17.6 Å². The van der Waals surface area contributed by atoms with Crippen molar-refractivity contribution in [1.82, 2.24) is 10.2 Å². The zero-order valence-electron chi connectivity index (χ0n) is 14.4. The van der Waals surface area contributed by atoms with Crippen LogP contribution in [-0.2, 0) is 9.53 Å². The second kappa shape index (κ2) is 9.11. The van der Waals surface area contributed by atoms with Gasteiger partial charge >= 0.3 is 0 Å². The first-order chi connectivity index (χ1) is 11.5. The first kappa shape index (κ1) is 18.8. The Balaban J connectivity index is 2.05. The van der Waals surface area contributed by atoms with Crippen LogP contribution in [0.4, 0.5) is 4.39 Å². The lowest BCUT2D eigenvalue weighted by Crippen LogP contribution is -2.46. The van der Waals surface area contributed by atoms with Gasteiger partial charge in [0.2, 0.25) is 5.91 Å². The van der Waals surface area contributed by atoms with E-state index in [4.69, 9.17) is 4.74 Å². The number of amides is 1. The Bertz CT molecular complexity index is 533. The molecule has 2 N–H and O–H groups in total. The predicted octanol–water partition coefficient (Wildman–Crippen LogP) is 1.72. The second-order valence-electron chi connectivity index (χ2n) is 6.50. The zero-order chi connectivity index (χ0) is 17.5. The molecule has 0 aliphatic carbocycles. The van der Waals surface area contributed by atoms with Crippen molar-refractivity contribution in [1.29, 1.82) is 0 Å². The van der Waals surface area contributed by atoms with Crippen molar-refractivity contribution in [3.05, 3.63) is 35.6 Å². The third-order valence-corrected chi connectivity index (χ3v) is 4.33. The summed E-state index contributed by atoms with van der Waals surface area (Å²) in [6.45, 7) is 6.66. The first-order valence-electron chi connectivity index (χ1n) is 8.52. The fourth-order valence-corrected chi connectivity index (χ4v) is 2.81. The molecule has 1 aliphatic rings. The van der Waals surface area contributed by atoms with Crippen LogP contribution in [0.15, 0.2) is 24.3 Å². The number of hydrogen-bond acceptors (Lipinski definition) is 4. The van der Waals surface area contributed by atoms with Crippen molar-refractivity contribution in [2.75, 3.05) is 32.8 Å². The maximum Gasteiger partial charge on any atom is 0.241 e. The van der Waals surface area contributed by atoms with Gasteiger partial charge in [-0.25, -0.2) is 4.39 Å². The van der Waals surface area contributed by atoms with Crippen LogP contribution in [0, 0.1) is 11.7 Å². The molecule has 1 amide bonds. The molecule has 0 bridgehead atoms. The van der Waals surface area contributed by atoms with Crippen molar-refractivity contribution in [3.8, 4) is 0 Å². The topological polar surface area (TPSA) is 61.8 Å². The number of halogens is 1. The van der Waals surface area contributed by atoms with Crippen molar-refractivity contribution in [2.45, 2.75) is 32.4 Å². The van der Waals surface area contributed by atoms with Gasteiger partial charge in [-0.1, -0.05) is 26.0 Å². The van der Waals surface area contributed by atoms with Gasteiger partial charge in [0, 0.05) is 19.6 Å². The van der Waals surface area contributed by atoms with Crippen LogP contribution in [0.3, 0.4) is 0 Å². The van der Waals surface area contributed by atoms with Crippen LogP contribution in [0.1, 0.15) is 31.9 Å². The third-order valence-electron chi connectivity index (χ3n) is 4.33. The van der Waals surface area contributed by atoms with E-state index in [9.17, 15) is 14.3 Å². The predicted molar refractivity (Wildman–Crippen MR) is 90.0 cm³/mol. The van der Waals surface area contributed by atoms with Gasteiger partial charge in [-0.2, -0.15) is 0 Å². The van der Waals surface area contributed by atoms with Crippen molar-refractivity contribution >= 4 is 5.91 Å². The van der Waals surface area contributed by atoms with Crippen LogP contribution in [0.2, 0.25) is 0 Å². The minimum absolute atomic E-state index is 0.153. The Kier molecular flexibility index (Phi) is 7.15. The normalized spacial score (nSPS) is 18.4. The third kappa shape index (κ3) is 5.26. The number of rotatable bonds is 7. The average Bonchev–Trinajstić information content (AvgIpc) is 2.56. The number of hydrogen-bond donors (Lipinski definition) is 2. The van der Waals surface area contributed by atoms with E-state index in [1.807, 2.05) is 18.7 Å². The Labute approximate surface area is 142 Å². The van der Waals surface area contributed by atoms with E-state index < -0.39 is 12.1 Å². The maximum atomic E-state index is 13.6. The summed E-state index contributed by atoms with van der Waals surface area (Å²) in [7, 11) is 0. The number of benzene rings is 1. The molecule has 5 nitrogen and oxygen atoms in total. The molecule has 1 aliphatic heterocycles. The van der Waals surface area contributed by atoms with Crippen LogP contribution >= 0.6 is 0 Å². The van der Waals surface area contributed by atoms with Crippen LogP contribution in [0.5, 0.6) is 0 Å². The van der Waals surface area contributed by atoms with Crippen LogP contribution < -0.4 is 5.32 Å². The standard InChI is InChI=1S/C18H27FN2O3/c1-13(2)16(22)6-7-20-18(23)17(21-8-10-24-11-9-21)14-4-3-5-15(19)12-14/h3-5,12-13,16-17,22H,6-11H2,1-2H3,(H,20,23). The summed E-state index contributed by atoms with van der Waals surface area (Å²) in [5.74, 6) is -0.368. The Hall–Kier alpha value is -1.50. The lowest BCUT2D eigenvalue weighted by atomic mass is 10.0. The molecule has 1 aromatic rings. The quantitative estimate of drug-likeness (QED) is 0.795. The van der Waals surface area contributed by atoms with Gasteiger partial charge in [-0.3, -0.25) is 9.69 Å². The SMILES string of the molecule is CC(C)C(O)CCNC(=O)C(c1cccc(F)c1)N1CCOCC1.